The predicted molar refractivity (Wildman–Crippen MR) is 125 cm³/mol. The first kappa shape index (κ1) is 20.9. The Bertz CT molecular complexity index is 1200. The molecule has 0 radical (unpaired) electrons. The Morgan fingerprint density at radius 3 is 2.24 bits per heavy atom. The Labute approximate surface area is 193 Å². The van der Waals surface area contributed by atoms with E-state index in [1.54, 1.807) is 9.80 Å². The van der Waals surface area contributed by atoms with Crippen LogP contribution < -0.4 is 4.90 Å². The third-order valence-corrected chi connectivity index (χ3v) is 6.37. The van der Waals surface area contributed by atoms with Crippen molar-refractivity contribution in [3.05, 3.63) is 102 Å². The van der Waals surface area contributed by atoms with E-state index in [2.05, 4.69) is 0 Å². The number of urea groups is 1. The second-order valence-corrected chi connectivity index (χ2v) is 8.58. The summed E-state index contributed by atoms with van der Waals surface area (Å²) in [5.74, 6) is -0.613. The topological polar surface area (TPSA) is 60.9 Å². The van der Waals surface area contributed by atoms with Crippen LogP contribution in [0.4, 0.5) is 10.5 Å². The highest BCUT2D eigenvalue weighted by Gasteiger charge is 2.47. The summed E-state index contributed by atoms with van der Waals surface area (Å²) in [5, 5.41) is 0. The number of hydrogen-bond donors (Lipinski definition) is 0. The van der Waals surface area contributed by atoms with Gasteiger partial charge in [-0.1, -0.05) is 78.9 Å². The number of hydrogen-bond acceptors (Lipinski definition) is 3. The van der Waals surface area contributed by atoms with Crippen LogP contribution in [0.1, 0.15) is 29.7 Å². The van der Waals surface area contributed by atoms with E-state index in [4.69, 9.17) is 0 Å². The maximum atomic E-state index is 13.5. The first-order valence-corrected chi connectivity index (χ1v) is 11.2. The molecule has 0 aromatic heterocycles. The van der Waals surface area contributed by atoms with Crippen LogP contribution in [0.25, 0.3) is 0 Å². The minimum Gasteiger partial charge on any atom is -0.307 e. The third-order valence-electron chi connectivity index (χ3n) is 6.37. The molecule has 2 unspecified atom stereocenters. The second-order valence-electron chi connectivity index (χ2n) is 8.58. The van der Waals surface area contributed by atoms with Crippen LogP contribution in [0, 0.1) is 0 Å². The third kappa shape index (κ3) is 3.78. The van der Waals surface area contributed by atoms with Crippen LogP contribution in [0.2, 0.25) is 0 Å². The van der Waals surface area contributed by atoms with Gasteiger partial charge >= 0.3 is 6.03 Å². The number of imide groups is 1. The molecule has 6 nitrogen and oxygen atoms in total. The number of amides is 4. The SMILES string of the molecule is CC1Cc2ccccc2N1C(=O)CN1C(=O)C(c2ccccc2)N(Cc2ccccc2)C1=O. The lowest BCUT2D eigenvalue weighted by Crippen LogP contribution is -2.45. The summed E-state index contributed by atoms with van der Waals surface area (Å²) in [6.45, 7) is 2.00. The smallest absolute Gasteiger partial charge is 0.307 e. The molecule has 1 saturated heterocycles. The first-order valence-electron chi connectivity index (χ1n) is 11.2. The Hall–Kier alpha value is -3.93. The number of carbonyl (C=O) groups excluding carboxylic acids is 3. The molecule has 2 aliphatic heterocycles. The van der Waals surface area contributed by atoms with Crippen molar-refractivity contribution in [2.75, 3.05) is 11.4 Å². The van der Waals surface area contributed by atoms with Gasteiger partial charge in [-0.25, -0.2) is 4.79 Å². The van der Waals surface area contributed by atoms with Crippen molar-refractivity contribution in [2.24, 2.45) is 0 Å². The van der Waals surface area contributed by atoms with E-state index >= 15 is 0 Å². The first-order chi connectivity index (χ1) is 16.0. The number of para-hydroxylation sites is 1. The summed E-state index contributed by atoms with van der Waals surface area (Å²) >= 11 is 0. The summed E-state index contributed by atoms with van der Waals surface area (Å²) in [6.07, 6.45) is 0.760. The number of fused-ring (bicyclic) bond motifs is 1. The summed E-state index contributed by atoms with van der Waals surface area (Å²) in [5.41, 5.74) is 3.62. The van der Waals surface area contributed by atoms with Gasteiger partial charge in [-0.3, -0.25) is 14.5 Å². The lowest BCUT2D eigenvalue weighted by Gasteiger charge is -2.25. The van der Waals surface area contributed by atoms with Gasteiger partial charge < -0.3 is 9.80 Å². The van der Waals surface area contributed by atoms with Crippen LogP contribution in [0.5, 0.6) is 0 Å². The molecule has 2 atom stereocenters. The number of benzene rings is 3. The molecular weight excluding hydrogens is 414 g/mol. The number of carbonyl (C=O) groups is 3. The van der Waals surface area contributed by atoms with Crippen LogP contribution in [0.15, 0.2) is 84.9 Å². The monoisotopic (exact) mass is 439 g/mol. The number of nitrogens with zero attached hydrogens (tertiary/aromatic N) is 3. The fraction of sp³-hybridized carbons (Fsp3) is 0.222. The summed E-state index contributed by atoms with van der Waals surface area (Å²) in [6, 6.07) is 25.4. The fourth-order valence-electron chi connectivity index (χ4n) is 4.84. The molecule has 33 heavy (non-hydrogen) atoms. The summed E-state index contributed by atoms with van der Waals surface area (Å²) < 4.78 is 0. The molecule has 6 heteroatoms. The highest BCUT2D eigenvalue weighted by Crippen LogP contribution is 2.35. The van der Waals surface area contributed by atoms with Gasteiger partial charge in [0, 0.05) is 18.3 Å². The second kappa shape index (κ2) is 8.54. The molecule has 0 N–H and O–H groups in total. The zero-order valence-electron chi connectivity index (χ0n) is 18.4. The van der Waals surface area contributed by atoms with Crippen molar-refractivity contribution >= 4 is 23.5 Å². The highest BCUT2D eigenvalue weighted by molar-refractivity contribution is 6.09. The standard InChI is InChI=1S/C27H25N3O3/c1-19-16-22-14-8-9-15-23(22)30(19)24(31)18-29-26(32)25(21-12-6-3-7-13-21)28(27(29)33)17-20-10-4-2-5-11-20/h2-15,19,25H,16-18H2,1H3. The van der Waals surface area contributed by atoms with Gasteiger partial charge in [-0.05, 0) is 36.1 Å². The average molecular weight is 440 g/mol. The van der Waals surface area contributed by atoms with Crippen molar-refractivity contribution in [1.82, 2.24) is 9.80 Å². The normalized spacial score (nSPS) is 19.8. The fourth-order valence-corrected chi connectivity index (χ4v) is 4.84. The summed E-state index contributed by atoms with van der Waals surface area (Å²) in [4.78, 5) is 44.6. The molecule has 1 fully saturated rings. The molecule has 4 amide bonds. The lowest BCUT2D eigenvalue weighted by molar-refractivity contribution is -0.132. The van der Waals surface area contributed by atoms with Gasteiger partial charge in [-0.15, -0.1) is 0 Å². The Morgan fingerprint density at radius 1 is 0.879 bits per heavy atom. The average Bonchev–Trinajstić information content (AvgIpc) is 3.28. The predicted octanol–water partition coefficient (Wildman–Crippen LogP) is 4.17. The van der Waals surface area contributed by atoms with Crippen molar-refractivity contribution in [1.29, 1.82) is 0 Å². The van der Waals surface area contributed by atoms with Gasteiger partial charge in [-0.2, -0.15) is 0 Å². The molecule has 3 aromatic rings. The maximum absolute atomic E-state index is 13.5. The van der Waals surface area contributed by atoms with E-state index in [1.807, 2.05) is 91.9 Å². The highest BCUT2D eigenvalue weighted by atomic mass is 16.2. The van der Waals surface area contributed by atoms with Crippen LogP contribution in [0.3, 0.4) is 0 Å². The quantitative estimate of drug-likeness (QED) is 0.561. The molecule has 0 aliphatic carbocycles. The van der Waals surface area contributed by atoms with Gasteiger partial charge in [0.1, 0.15) is 12.6 Å². The van der Waals surface area contributed by atoms with Gasteiger partial charge in [0.25, 0.3) is 5.91 Å². The van der Waals surface area contributed by atoms with E-state index in [9.17, 15) is 14.4 Å². The molecule has 0 spiro atoms. The zero-order chi connectivity index (χ0) is 22.9. The molecule has 3 aromatic carbocycles. The van der Waals surface area contributed by atoms with Crippen molar-refractivity contribution < 1.29 is 14.4 Å². The van der Waals surface area contributed by atoms with E-state index in [-0.39, 0.29) is 24.4 Å². The molecule has 0 bridgehead atoms. The van der Waals surface area contributed by atoms with Crippen molar-refractivity contribution in [2.45, 2.75) is 32.0 Å². The van der Waals surface area contributed by atoms with Crippen LogP contribution >= 0.6 is 0 Å². The largest absolute Gasteiger partial charge is 0.328 e. The van der Waals surface area contributed by atoms with Crippen molar-refractivity contribution in [3.8, 4) is 0 Å². The lowest BCUT2D eigenvalue weighted by atomic mass is 10.1. The minimum atomic E-state index is -0.755. The van der Waals surface area contributed by atoms with E-state index in [1.165, 1.54) is 0 Å². The number of rotatable bonds is 5. The zero-order valence-corrected chi connectivity index (χ0v) is 18.4. The Morgan fingerprint density at radius 2 is 1.52 bits per heavy atom. The van der Waals surface area contributed by atoms with Gasteiger partial charge in [0.05, 0.1) is 0 Å². The maximum Gasteiger partial charge on any atom is 0.328 e. The van der Waals surface area contributed by atoms with Crippen LogP contribution in [-0.4, -0.2) is 40.2 Å². The minimum absolute atomic E-state index is 0.0203. The molecule has 0 saturated carbocycles. The molecular formula is C27H25N3O3. The molecule has 166 valence electrons. The molecule has 5 rings (SSSR count). The Kier molecular flexibility index (Phi) is 5.42. The summed E-state index contributed by atoms with van der Waals surface area (Å²) in [7, 11) is 0. The van der Waals surface area contributed by atoms with E-state index in [0.29, 0.717) is 6.54 Å². The van der Waals surface area contributed by atoms with E-state index < -0.39 is 12.1 Å². The van der Waals surface area contributed by atoms with Gasteiger partial charge in [0.15, 0.2) is 0 Å². The number of anilines is 1. The molecule has 2 aliphatic rings. The van der Waals surface area contributed by atoms with Crippen molar-refractivity contribution in [3.63, 3.8) is 0 Å². The molecule has 2 heterocycles. The van der Waals surface area contributed by atoms with Gasteiger partial charge in [0.2, 0.25) is 5.91 Å². The van der Waals surface area contributed by atoms with Crippen LogP contribution in [-0.2, 0) is 22.6 Å². The van der Waals surface area contributed by atoms with E-state index in [0.717, 1.165) is 33.7 Å². The Balaban J connectivity index is 1.44.